The van der Waals surface area contributed by atoms with Crippen LogP contribution >= 0.6 is 0 Å². The first-order valence-electron chi connectivity index (χ1n) is 4.82. The Morgan fingerprint density at radius 1 is 1.32 bits per heavy atom. The highest BCUT2D eigenvalue weighted by Crippen LogP contribution is 2.33. The molecule has 6 N–H and O–H groups in total. The summed E-state index contributed by atoms with van der Waals surface area (Å²) in [6, 6.07) is 2.78. The molecule has 0 aliphatic rings. The van der Waals surface area contributed by atoms with Crippen LogP contribution in [0.5, 0.6) is 0 Å². The molecule has 2 rings (SSSR count). The fourth-order valence-electron chi connectivity index (χ4n) is 1.38. The first kappa shape index (κ1) is 12.2. The topological polar surface area (TPSA) is 185 Å². The van der Waals surface area contributed by atoms with Gasteiger partial charge in [0.25, 0.3) is 0 Å². The van der Waals surface area contributed by atoms with E-state index < -0.39 is 10.6 Å². The van der Waals surface area contributed by atoms with E-state index in [4.69, 9.17) is 17.2 Å². The molecular formula is C8H8N8O3. The van der Waals surface area contributed by atoms with E-state index in [9.17, 15) is 10.1 Å². The van der Waals surface area contributed by atoms with Gasteiger partial charge in [-0.25, -0.2) is 9.62 Å². The van der Waals surface area contributed by atoms with Gasteiger partial charge in [0.1, 0.15) is 11.2 Å². The van der Waals surface area contributed by atoms with Crippen molar-refractivity contribution in [1.29, 1.82) is 0 Å². The van der Waals surface area contributed by atoms with Gasteiger partial charge in [-0.1, -0.05) is 0 Å². The summed E-state index contributed by atoms with van der Waals surface area (Å²) < 4.78 is 4.43. The number of benzene rings is 1. The zero-order valence-corrected chi connectivity index (χ0v) is 9.35. The number of aliphatic imine (C=N–C) groups is 2. The van der Waals surface area contributed by atoms with Crippen LogP contribution in [0.1, 0.15) is 0 Å². The zero-order valence-electron chi connectivity index (χ0n) is 9.35. The molecule has 11 nitrogen and oxygen atoms in total. The minimum atomic E-state index is -0.672. The van der Waals surface area contributed by atoms with E-state index in [1.807, 2.05) is 0 Å². The molecule has 0 saturated heterocycles. The van der Waals surface area contributed by atoms with Crippen LogP contribution in [0.15, 0.2) is 26.7 Å². The molecule has 0 aliphatic heterocycles. The second kappa shape index (κ2) is 4.56. The molecule has 0 aliphatic carbocycles. The zero-order chi connectivity index (χ0) is 14.0. The molecule has 0 unspecified atom stereocenters. The number of nitrogens with two attached hydrogens (primary N) is 3. The summed E-state index contributed by atoms with van der Waals surface area (Å²) in [7, 11) is 0. The van der Waals surface area contributed by atoms with Gasteiger partial charge in [0.15, 0.2) is 5.96 Å². The third-order valence-electron chi connectivity index (χ3n) is 2.04. The summed E-state index contributed by atoms with van der Waals surface area (Å²) in [5.41, 5.74) is 15.4. The molecule has 11 heteroatoms. The molecule has 1 aromatic carbocycles. The highest BCUT2D eigenvalue weighted by atomic mass is 16.6. The monoisotopic (exact) mass is 264 g/mol. The van der Waals surface area contributed by atoms with Gasteiger partial charge in [0.2, 0.25) is 11.5 Å². The number of fused-ring (bicyclic) bond motifs is 1. The molecule has 19 heavy (non-hydrogen) atoms. The number of nitrogens with zero attached hydrogens (tertiary/aromatic N) is 5. The van der Waals surface area contributed by atoms with Gasteiger partial charge in [-0.15, -0.1) is 0 Å². The summed E-state index contributed by atoms with van der Waals surface area (Å²) in [5, 5.41) is 18.0. The Hall–Kier alpha value is -3.24. The predicted octanol–water partition coefficient (Wildman–Crippen LogP) is -0.649. The molecule has 0 amide bonds. The lowest BCUT2D eigenvalue weighted by atomic mass is 10.2. The third-order valence-corrected chi connectivity index (χ3v) is 2.04. The number of rotatable bonds is 2. The Bertz CT molecular complexity index is 699. The van der Waals surface area contributed by atoms with Gasteiger partial charge in [0.05, 0.1) is 4.92 Å². The Morgan fingerprint density at radius 3 is 2.68 bits per heavy atom. The fourth-order valence-corrected chi connectivity index (χ4v) is 1.38. The third kappa shape index (κ3) is 2.38. The highest BCUT2D eigenvalue weighted by Gasteiger charge is 2.22. The molecule has 2 aromatic rings. The Morgan fingerprint density at radius 2 is 2.05 bits per heavy atom. The van der Waals surface area contributed by atoms with Crippen LogP contribution in [0.25, 0.3) is 11.0 Å². The second-order valence-electron chi connectivity index (χ2n) is 3.33. The van der Waals surface area contributed by atoms with Crippen molar-refractivity contribution in [2.45, 2.75) is 0 Å². The van der Waals surface area contributed by atoms with Crippen molar-refractivity contribution in [3.05, 3.63) is 22.2 Å². The lowest BCUT2D eigenvalue weighted by molar-refractivity contribution is -0.382. The van der Waals surface area contributed by atoms with Crippen molar-refractivity contribution in [1.82, 2.24) is 10.3 Å². The number of nitro groups is 1. The van der Waals surface area contributed by atoms with Crippen molar-refractivity contribution >= 4 is 34.3 Å². The van der Waals surface area contributed by atoms with Gasteiger partial charge < -0.3 is 17.2 Å². The van der Waals surface area contributed by atoms with Crippen LogP contribution in [0.2, 0.25) is 0 Å². The average Bonchev–Trinajstić information content (AvgIpc) is 2.74. The summed E-state index contributed by atoms with van der Waals surface area (Å²) in [4.78, 5) is 17.6. The fraction of sp³-hybridized carbons (Fsp3) is 0. The summed E-state index contributed by atoms with van der Waals surface area (Å²) in [6.45, 7) is 0. The minimum Gasteiger partial charge on any atom is -0.370 e. The van der Waals surface area contributed by atoms with E-state index in [0.29, 0.717) is 0 Å². The van der Waals surface area contributed by atoms with Gasteiger partial charge in [-0.3, -0.25) is 10.1 Å². The molecule has 1 heterocycles. The van der Waals surface area contributed by atoms with E-state index in [-0.39, 0.29) is 28.6 Å². The van der Waals surface area contributed by atoms with Crippen molar-refractivity contribution in [2.75, 3.05) is 0 Å². The summed E-state index contributed by atoms with van der Waals surface area (Å²) >= 11 is 0. The second-order valence-corrected chi connectivity index (χ2v) is 3.33. The molecule has 98 valence electrons. The Labute approximate surface area is 104 Å². The van der Waals surface area contributed by atoms with Gasteiger partial charge in [-0.2, -0.15) is 4.99 Å². The molecule has 0 fully saturated rings. The van der Waals surface area contributed by atoms with Crippen LogP contribution in [-0.4, -0.2) is 27.2 Å². The smallest absolute Gasteiger partial charge is 0.326 e. The van der Waals surface area contributed by atoms with E-state index in [1.165, 1.54) is 12.1 Å². The molecule has 0 bridgehead atoms. The number of guanidine groups is 2. The number of nitro benzene ring substituents is 1. The summed E-state index contributed by atoms with van der Waals surface area (Å²) in [6.07, 6.45) is 0. The van der Waals surface area contributed by atoms with E-state index >= 15 is 0 Å². The SMILES string of the molecule is NC(N)=NC(N)=Nc1ccc2nonc2c1[N+](=O)[O-]. The lowest BCUT2D eigenvalue weighted by Gasteiger charge is -1.98. The maximum absolute atomic E-state index is 11.0. The van der Waals surface area contributed by atoms with Crippen molar-refractivity contribution in [3.8, 4) is 0 Å². The van der Waals surface area contributed by atoms with Crippen LogP contribution in [0.3, 0.4) is 0 Å². The predicted molar refractivity (Wildman–Crippen MR) is 65.6 cm³/mol. The lowest BCUT2D eigenvalue weighted by Crippen LogP contribution is -2.26. The Balaban J connectivity index is 2.63. The number of aromatic nitrogens is 2. The van der Waals surface area contributed by atoms with Gasteiger partial charge in [0, 0.05) is 0 Å². The van der Waals surface area contributed by atoms with Crippen molar-refractivity contribution in [2.24, 2.45) is 27.2 Å². The number of hydrogen-bond acceptors (Lipinski definition) is 6. The first-order chi connectivity index (χ1) is 8.99. The number of hydrogen-bond donors (Lipinski definition) is 3. The van der Waals surface area contributed by atoms with Crippen molar-refractivity contribution in [3.63, 3.8) is 0 Å². The molecular weight excluding hydrogens is 256 g/mol. The highest BCUT2D eigenvalue weighted by molar-refractivity contribution is 5.96. The first-order valence-corrected chi connectivity index (χ1v) is 4.82. The van der Waals surface area contributed by atoms with Crippen LogP contribution in [0.4, 0.5) is 11.4 Å². The molecule has 0 radical (unpaired) electrons. The Kier molecular flexibility index (Phi) is 2.93. The van der Waals surface area contributed by atoms with E-state index in [1.54, 1.807) is 0 Å². The van der Waals surface area contributed by atoms with Gasteiger partial charge >= 0.3 is 5.69 Å². The maximum atomic E-state index is 11.0. The van der Waals surface area contributed by atoms with Crippen molar-refractivity contribution < 1.29 is 9.55 Å². The standard InChI is InChI=1S/C8H8N8O3/c9-7(10)13-8(11)12-4-2-1-3-5(15-19-14-3)6(4)16(17)18/h1-2H,(H6,9,10,11,12,13). The molecule has 0 atom stereocenters. The normalized spacial score (nSPS) is 11.5. The van der Waals surface area contributed by atoms with E-state index in [0.717, 1.165) is 0 Å². The summed E-state index contributed by atoms with van der Waals surface area (Å²) in [5.74, 6) is -0.632. The van der Waals surface area contributed by atoms with E-state index in [2.05, 4.69) is 24.9 Å². The quantitative estimate of drug-likeness (QED) is 0.276. The van der Waals surface area contributed by atoms with Crippen LogP contribution in [-0.2, 0) is 0 Å². The molecule has 1 aromatic heterocycles. The average molecular weight is 264 g/mol. The maximum Gasteiger partial charge on any atom is 0.326 e. The molecule has 0 spiro atoms. The molecule has 0 saturated carbocycles. The minimum absolute atomic E-state index is 0.0382. The van der Waals surface area contributed by atoms with Crippen LogP contribution < -0.4 is 17.2 Å². The van der Waals surface area contributed by atoms with Crippen LogP contribution in [0, 0.1) is 10.1 Å². The van der Waals surface area contributed by atoms with Gasteiger partial charge in [-0.05, 0) is 22.4 Å². The largest absolute Gasteiger partial charge is 0.370 e.